The molecule has 0 aliphatic rings. The summed E-state index contributed by atoms with van der Waals surface area (Å²) in [4.78, 5) is 14.3. The molecule has 1 aromatic carbocycles. The first-order valence-corrected chi connectivity index (χ1v) is 6.46. The first-order chi connectivity index (χ1) is 9.79. The molecule has 1 aromatic heterocycles. The maximum atomic E-state index is 13.4. The zero-order chi connectivity index (χ0) is 15.6. The Balaban J connectivity index is 2.17. The maximum absolute atomic E-state index is 13.4. The Morgan fingerprint density at radius 3 is 2.62 bits per heavy atom. The highest BCUT2D eigenvalue weighted by Crippen LogP contribution is 2.35. The largest absolute Gasteiger partial charge is 0.435 e. The van der Waals surface area contributed by atoms with E-state index < -0.39 is 28.5 Å². The summed E-state index contributed by atoms with van der Waals surface area (Å²) >= 11 is 0.430. The number of carbonyl (C=O) groups excluding carboxylic acids is 1. The van der Waals surface area contributed by atoms with E-state index in [0.717, 1.165) is 0 Å². The van der Waals surface area contributed by atoms with Gasteiger partial charge in [-0.25, -0.2) is 9.37 Å². The molecule has 0 fully saturated rings. The first-order valence-electron chi connectivity index (χ1n) is 5.64. The lowest BCUT2D eigenvalue weighted by molar-refractivity contribution is -0.141. The molecule has 21 heavy (non-hydrogen) atoms. The lowest BCUT2D eigenvalue weighted by atomic mass is 10.2. The van der Waals surface area contributed by atoms with Crippen molar-refractivity contribution in [2.24, 2.45) is 0 Å². The number of hydrogen-bond acceptors (Lipinski definition) is 4. The summed E-state index contributed by atoms with van der Waals surface area (Å²) in [5, 5.41) is 1.86. The van der Waals surface area contributed by atoms with Crippen molar-refractivity contribution in [3.05, 3.63) is 46.2 Å². The van der Waals surface area contributed by atoms with E-state index in [1.807, 2.05) is 0 Å². The lowest BCUT2D eigenvalue weighted by Crippen LogP contribution is -2.25. The summed E-state index contributed by atoms with van der Waals surface area (Å²) in [6, 6.07) is 5.62. The molecule has 1 amide bonds. The van der Waals surface area contributed by atoms with Crippen molar-refractivity contribution in [1.29, 1.82) is 0 Å². The number of amides is 1. The Morgan fingerprint density at radius 1 is 1.33 bits per heavy atom. The average Bonchev–Trinajstić information content (AvgIpc) is 2.80. The number of aromatic nitrogens is 1. The molecule has 0 spiro atoms. The van der Waals surface area contributed by atoms with Gasteiger partial charge in [0.05, 0.1) is 0 Å². The van der Waals surface area contributed by atoms with Gasteiger partial charge in [-0.15, -0.1) is 0 Å². The second-order valence-corrected chi connectivity index (χ2v) is 5.03. The molecule has 4 nitrogen and oxygen atoms in total. The van der Waals surface area contributed by atoms with Crippen molar-refractivity contribution in [2.75, 3.05) is 5.73 Å². The molecule has 0 atom stereocenters. The van der Waals surface area contributed by atoms with E-state index >= 15 is 0 Å². The number of thiazole rings is 1. The summed E-state index contributed by atoms with van der Waals surface area (Å²) in [7, 11) is 0. The van der Waals surface area contributed by atoms with E-state index in [4.69, 9.17) is 5.73 Å². The van der Waals surface area contributed by atoms with E-state index in [9.17, 15) is 22.4 Å². The van der Waals surface area contributed by atoms with Gasteiger partial charge in [-0.05, 0) is 6.07 Å². The van der Waals surface area contributed by atoms with Crippen LogP contribution < -0.4 is 11.1 Å². The highest BCUT2D eigenvalue weighted by molar-refractivity contribution is 7.17. The predicted molar refractivity (Wildman–Crippen MR) is 69.1 cm³/mol. The van der Waals surface area contributed by atoms with Gasteiger partial charge in [-0.1, -0.05) is 29.5 Å². The van der Waals surface area contributed by atoms with Gasteiger partial charge >= 0.3 is 6.18 Å². The van der Waals surface area contributed by atoms with Crippen molar-refractivity contribution in [2.45, 2.75) is 12.7 Å². The van der Waals surface area contributed by atoms with Crippen LogP contribution in [0.4, 0.5) is 22.7 Å². The molecular formula is C12H9F4N3OS. The van der Waals surface area contributed by atoms with Crippen molar-refractivity contribution in [1.82, 2.24) is 10.3 Å². The summed E-state index contributed by atoms with van der Waals surface area (Å²) in [6.45, 7) is -0.236. The lowest BCUT2D eigenvalue weighted by Gasteiger charge is -2.07. The Hall–Kier alpha value is -2.16. The number of nitrogen functional groups attached to an aromatic ring is 1. The van der Waals surface area contributed by atoms with Crippen LogP contribution in [0.3, 0.4) is 0 Å². The number of alkyl halides is 3. The number of carbonyl (C=O) groups is 1. The van der Waals surface area contributed by atoms with Crippen LogP contribution in [0.15, 0.2) is 24.3 Å². The molecule has 0 aliphatic carbocycles. The molecule has 0 saturated carbocycles. The minimum absolute atomic E-state index is 0.164. The number of hydrogen-bond donors (Lipinski definition) is 2. The highest BCUT2D eigenvalue weighted by atomic mass is 32.1. The molecular weight excluding hydrogens is 310 g/mol. The molecule has 0 bridgehead atoms. The molecule has 0 aliphatic heterocycles. The first kappa shape index (κ1) is 15.2. The van der Waals surface area contributed by atoms with Gasteiger partial charge in [0.2, 0.25) is 0 Å². The van der Waals surface area contributed by atoms with Crippen LogP contribution in [0.5, 0.6) is 0 Å². The minimum Gasteiger partial charge on any atom is -0.375 e. The second-order valence-electron chi connectivity index (χ2n) is 4.00. The van der Waals surface area contributed by atoms with E-state index in [1.54, 1.807) is 6.07 Å². The summed E-state index contributed by atoms with van der Waals surface area (Å²) in [5.41, 5.74) is 4.04. The summed E-state index contributed by atoms with van der Waals surface area (Å²) in [6.07, 6.45) is -4.78. The molecule has 0 unspecified atom stereocenters. The molecule has 2 rings (SSSR count). The van der Waals surface area contributed by atoms with E-state index in [0.29, 0.717) is 11.3 Å². The van der Waals surface area contributed by atoms with E-state index in [-0.39, 0.29) is 17.2 Å². The van der Waals surface area contributed by atoms with Crippen LogP contribution >= 0.6 is 11.3 Å². The Morgan fingerprint density at radius 2 is 2.00 bits per heavy atom. The molecule has 0 saturated heterocycles. The number of anilines is 1. The summed E-state index contributed by atoms with van der Waals surface area (Å²) in [5.74, 6) is -1.56. The van der Waals surface area contributed by atoms with Crippen molar-refractivity contribution in [3.8, 4) is 0 Å². The zero-order valence-corrected chi connectivity index (χ0v) is 11.2. The highest BCUT2D eigenvalue weighted by Gasteiger charge is 2.39. The van der Waals surface area contributed by atoms with Gasteiger partial charge in [-0.3, -0.25) is 4.79 Å². The third-order valence-electron chi connectivity index (χ3n) is 2.52. The third kappa shape index (κ3) is 3.48. The zero-order valence-electron chi connectivity index (χ0n) is 10.4. The summed E-state index contributed by atoms with van der Waals surface area (Å²) < 4.78 is 51.4. The van der Waals surface area contributed by atoms with Crippen molar-refractivity contribution < 1.29 is 22.4 Å². The third-order valence-corrected chi connectivity index (χ3v) is 3.40. The van der Waals surface area contributed by atoms with Gasteiger partial charge in [0.1, 0.15) is 10.7 Å². The standard InChI is InChI=1S/C12H9F4N3OS/c13-7-4-2-1-3-6(7)5-18-10(20)8-9(12(14,15)16)19-11(17)21-8/h1-4H,5H2,(H2,17,19)(H,18,20). The van der Waals surface area contributed by atoms with Crippen LogP contribution in [-0.2, 0) is 12.7 Å². The fourth-order valence-corrected chi connectivity index (χ4v) is 2.35. The molecule has 112 valence electrons. The van der Waals surface area contributed by atoms with Crippen molar-refractivity contribution in [3.63, 3.8) is 0 Å². The van der Waals surface area contributed by atoms with Gasteiger partial charge in [0.25, 0.3) is 5.91 Å². The van der Waals surface area contributed by atoms with Crippen LogP contribution in [-0.4, -0.2) is 10.9 Å². The van der Waals surface area contributed by atoms with Gasteiger partial charge in [0.15, 0.2) is 10.8 Å². The molecule has 9 heteroatoms. The smallest absolute Gasteiger partial charge is 0.375 e. The van der Waals surface area contributed by atoms with Crippen LogP contribution in [0.25, 0.3) is 0 Å². The van der Waals surface area contributed by atoms with Crippen LogP contribution in [0, 0.1) is 5.82 Å². The van der Waals surface area contributed by atoms with Crippen LogP contribution in [0.1, 0.15) is 20.9 Å². The quantitative estimate of drug-likeness (QED) is 0.855. The Kier molecular flexibility index (Phi) is 4.12. The van der Waals surface area contributed by atoms with E-state index in [1.165, 1.54) is 18.2 Å². The van der Waals surface area contributed by atoms with Crippen molar-refractivity contribution >= 4 is 22.4 Å². The van der Waals surface area contributed by atoms with Gasteiger partial charge in [0, 0.05) is 12.1 Å². The fourth-order valence-electron chi connectivity index (χ4n) is 1.58. The number of halogens is 4. The van der Waals surface area contributed by atoms with Crippen LogP contribution in [0.2, 0.25) is 0 Å². The fraction of sp³-hybridized carbons (Fsp3) is 0.167. The number of nitrogens with one attached hydrogen (secondary N) is 1. The second kappa shape index (κ2) is 5.68. The van der Waals surface area contributed by atoms with Gasteiger partial charge < -0.3 is 11.1 Å². The molecule has 3 N–H and O–H groups in total. The molecule has 2 aromatic rings. The maximum Gasteiger partial charge on any atom is 0.435 e. The SMILES string of the molecule is Nc1nc(C(F)(F)F)c(C(=O)NCc2ccccc2F)s1. The van der Waals surface area contributed by atoms with Gasteiger partial charge in [-0.2, -0.15) is 13.2 Å². The predicted octanol–water partition coefficient (Wildman–Crippen LogP) is 2.81. The Labute approximate surface area is 120 Å². The van der Waals surface area contributed by atoms with E-state index in [2.05, 4.69) is 10.3 Å². The molecule has 1 heterocycles. The normalized spacial score (nSPS) is 11.4. The minimum atomic E-state index is -4.78. The number of rotatable bonds is 3. The average molecular weight is 319 g/mol. The monoisotopic (exact) mass is 319 g/mol. The number of benzene rings is 1. The number of nitrogens with two attached hydrogens (primary N) is 1. The topological polar surface area (TPSA) is 68.0 Å². The Bertz CT molecular complexity index is 669. The molecule has 0 radical (unpaired) electrons. The number of nitrogens with zero attached hydrogens (tertiary/aromatic N) is 1.